The van der Waals surface area contributed by atoms with E-state index >= 15 is 0 Å². The number of aliphatic hydroxyl groups is 1. The highest BCUT2D eigenvalue weighted by molar-refractivity contribution is 5.20. The molecule has 0 bridgehead atoms. The van der Waals surface area contributed by atoms with Crippen LogP contribution in [0.1, 0.15) is 17.3 Å². The molecule has 1 aromatic heterocycles. The van der Waals surface area contributed by atoms with Gasteiger partial charge in [-0.15, -0.1) is 0 Å². The number of rotatable bonds is 5. The molecule has 4 nitrogen and oxygen atoms in total. The Morgan fingerprint density at radius 2 is 1.89 bits per heavy atom. The third kappa shape index (κ3) is 3.29. The van der Waals surface area contributed by atoms with Gasteiger partial charge in [-0.2, -0.15) is 0 Å². The van der Waals surface area contributed by atoms with Crippen LogP contribution >= 0.6 is 0 Å². The Hall–Kier alpha value is -1.91. The lowest BCUT2D eigenvalue weighted by molar-refractivity contribution is 0.243. The highest BCUT2D eigenvalue weighted by Gasteiger charge is 2.09. The van der Waals surface area contributed by atoms with Crippen molar-refractivity contribution in [2.75, 3.05) is 6.61 Å². The Balaban J connectivity index is 1.97. The molecule has 1 atom stereocenters. The Kier molecular flexibility index (Phi) is 4.28. The minimum Gasteiger partial charge on any atom is -0.506 e. The zero-order valence-electron chi connectivity index (χ0n) is 9.95. The van der Waals surface area contributed by atoms with Crippen LogP contribution in [0.15, 0.2) is 48.7 Å². The number of nitrogens with zero attached hydrogens (tertiary/aromatic N) is 1. The van der Waals surface area contributed by atoms with Crippen LogP contribution in [-0.2, 0) is 6.54 Å². The molecule has 0 aliphatic rings. The summed E-state index contributed by atoms with van der Waals surface area (Å²) in [5, 5.41) is 21.7. The number of aromatic hydroxyl groups is 1. The molecule has 0 radical (unpaired) electrons. The average Bonchev–Trinajstić information content (AvgIpc) is 2.43. The largest absolute Gasteiger partial charge is 0.506 e. The van der Waals surface area contributed by atoms with E-state index in [9.17, 15) is 5.11 Å². The molecule has 1 heterocycles. The number of nitrogens with one attached hydrogen (secondary N) is 1. The Morgan fingerprint density at radius 3 is 2.50 bits per heavy atom. The van der Waals surface area contributed by atoms with Gasteiger partial charge in [-0.25, -0.2) is 0 Å². The highest BCUT2D eigenvalue weighted by Crippen LogP contribution is 2.13. The Morgan fingerprint density at radius 1 is 1.11 bits per heavy atom. The summed E-state index contributed by atoms with van der Waals surface area (Å²) in [5.74, 6) is 0.153. The molecule has 0 unspecified atom stereocenters. The van der Waals surface area contributed by atoms with Crippen molar-refractivity contribution in [3.8, 4) is 5.75 Å². The minimum absolute atomic E-state index is 0.0299. The van der Waals surface area contributed by atoms with Gasteiger partial charge in [0.2, 0.25) is 0 Å². The standard InChI is InChI=1S/C14H16N2O2/c17-10-14(11-4-2-1-3-5-11)16-8-12-6-7-13(18)9-15-12/h1-7,9,14,16-18H,8,10H2/t14-/m0/s1. The van der Waals surface area contributed by atoms with Gasteiger partial charge in [-0.1, -0.05) is 30.3 Å². The summed E-state index contributed by atoms with van der Waals surface area (Å²) in [5.41, 5.74) is 1.86. The van der Waals surface area contributed by atoms with Gasteiger partial charge < -0.3 is 15.5 Å². The lowest BCUT2D eigenvalue weighted by Gasteiger charge is -2.16. The van der Waals surface area contributed by atoms with Crippen molar-refractivity contribution in [2.45, 2.75) is 12.6 Å². The quantitative estimate of drug-likeness (QED) is 0.747. The number of aliphatic hydroxyl groups excluding tert-OH is 1. The van der Waals surface area contributed by atoms with E-state index in [4.69, 9.17) is 5.11 Å². The lowest BCUT2D eigenvalue weighted by Crippen LogP contribution is -2.24. The fourth-order valence-electron chi connectivity index (χ4n) is 1.72. The van der Waals surface area contributed by atoms with E-state index in [-0.39, 0.29) is 18.4 Å². The molecule has 0 saturated heterocycles. The van der Waals surface area contributed by atoms with Crippen molar-refractivity contribution in [2.24, 2.45) is 0 Å². The summed E-state index contributed by atoms with van der Waals surface area (Å²) >= 11 is 0. The second kappa shape index (κ2) is 6.14. The van der Waals surface area contributed by atoms with Crippen LogP contribution in [0.4, 0.5) is 0 Å². The first-order chi connectivity index (χ1) is 8.79. The minimum atomic E-state index is -0.109. The van der Waals surface area contributed by atoms with E-state index in [1.807, 2.05) is 30.3 Å². The number of benzene rings is 1. The summed E-state index contributed by atoms with van der Waals surface area (Å²) in [6.07, 6.45) is 1.41. The zero-order valence-corrected chi connectivity index (χ0v) is 9.95. The van der Waals surface area contributed by atoms with Crippen molar-refractivity contribution in [3.63, 3.8) is 0 Å². The van der Waals surface area contributed by atoms with Gasteiger partial charge in [0, 0.05) is 6.54 Å². The van der Waals surface area contributed by atoms with E-state index in [0.29, 0.717) is 6.54 Å². The van der Waals surface area contributed by atoms with Gasteiger partial charge in [0.15, 0.2) is 0 Å². The van der Waals surface area contributed by atoms with Gasteiger partial charge in [0.25, 0.3) is 0 Å². The summed E-state index contributed by atoms with van der Waals surface area (Å²) in [6.45, 7) is 0.572. The molecule has 1 aromatic carbocycles. The molecule has 4 heteroatoms. The van der Waals surface area contributed by atoms with Crippen LogP contribution in [0.25, 0.3) is 0 Å². The van der Waals surface area contributed by atoms with E-state index in [2.05, 4.69) is 10.3 Å². The Bertz CT molecular complexity index is 471. The van der Waals surface area contributed by atoms with Crippen LogP contribution in [0.2, 0.25) is 0 Å². The molecule has 94 valence electrons. The van der Waals surface area contributed by atoms with Crippen LogP contribution in [0.3, 0.4) is 0 Å². The second-order valence-corrected chi connectivity index (χ2v) is 4.03. The molecule has 0 aliphatic carbocycles. The van der Waals surface area contributed by atoms with E-state index in [0.717, 1.165) is 11.3 Å². The molecule has 0 saturated carbocycles. The van der Waals surface area contributed by atoms with Gasteiger partial charge in [-0.05, 0) is 17.7 Å². The fraction of sp³-hybridized carbons (Fsp3) is 0.214. The molecule has 18 heavy (non-hydrogen) atoms. The molecular weight excluding hydrogens is 228 g/mol. The maximum Gasteiger partial charge on any atom is 0.133 e. The SMILES string of the molecule is OC[C@H](NCc1ccc(O)cn1)c1ccccc1. The summed E-state index contributed by atoms with van der Waals surface area (Å²) in [4.78, 5) is 4.08. The summed E-state index contributed by atoms with van der Waals surface area (Å²) in [6, 6.07) is 13.0. The Labute approximate surface area is 106 Å². The molecule has 2 aromatic rings. The summed E-state index contributed by atoms with van der Waals surface area (Å²) in [7, 11) is 0. The van der Waals surface area contributed by atoms with Gasteiger partial charge >= 0.3 is 0 Å². The molecule has 0 fully saturated rings. The zero-order chi connectivity index (χ0) is 12.8. The molecule has 0 aliphatic heterocycles. The first kappa shape index (κ1) is 12.5. The van der Waals surface area contributed by atoms with Crippen LogP contribution in [0.5, 0.6) is 5.75 Å². The van der Waals surface area contributed by atoms with Crippen LogP contribution < -0.4 is 5.32 Å². The first-order valence-corrected chi connectivity index (χ1v) is 5.82. The number of hydrogen-bond acceptors (Lipinski definition) is 4. The summed E-state index contributed by atoms with van der Waals surface area (Å²) < 4.78 is 0. The topological polar surface area (TPSA) is 65.4 Å². The number of hydrogen-bond donors (Lipinski definition) is 3. The average molecular weight is 244 g/mol. The van der Waals surface area contributed by atoms with Gasteiger partial charge in [-0.3, -0.25) is 4.98 Å². The highest BCUT2D eigenvalue weighted by atomic mass is 16.3. The van der Waals surface area contributed by atoms with Crippen molar-refractivity contribution in [3.05, 3.63) is 59.9 Å². The number of aromatic nitrogens is 1. The maximum atomic E-state index is 9.38. The predicted molar refractivity (Wildman–Crippen MR) is 69.0 cm³/mol. The van der Waals surface area contributed by atoms with Crippen molar-refractivity contribution >= 4 is 0 Å². The monoisotopic (exact) mass is 244 g/mol. The molecule has 0 amide bonds. The molecule has 3 N–H and O–H groups in total. The lowest BCUT2D eigenvalue weighted by atomic mass is 10.1. The van der Waals surface area contributed by atoms with E-state index in [1.54, 1.807) is 12.1 Å². The molecule has 0 spiro atoms. The van der Waals surface area contributed by atoms with E-state index < -0.39 is 0 Å². The van der Waals surface area contributed by atoms with Crippen molar-refractivity contribution in [1.82, 2.24) is 10.3 Å². The first-order valence-electron chi connectivity index (χ1n) is 5.82. The number of pyridine rings is 1. The third-order valence-corrected chi connectivity index (χ3v) is 2.72. The maximum absolute atomic E-state index is 9.38. The van der Waals surface area contributed by atoms with Crippen LogP contribution in [0, 0.1) is 0 Å². The van der Waals surface area contributed by atoms with E-state index in [1.165, 1.54) is 6.20 Å². The smallest absolute Gasteiger partial charge is 0.133 e. The van der Waals surface area contributed by atoms with Crippen molar-refractivity contribution < 1.29 is 10.2 Å². The van der Waals surface area contributed by atoms with Crippen molar-refractivity contribution in [1.29, 1.82) is 0 Å². The molecular formula is C14H16N2O2. The fourth-order valence-corrected chi connectivity index (χ4v) is 1.72. The van der Waals surface area contributed by atoms with Gasteiger partial charge in [0.1, 0.15) is 5.75 Å². The predicted octanol–water partition coefficient (Wildman–Crippen LogP) is 1.61. The second-order valence-electron chi connectivity index (χ2n) is 4.03. The third-order valence-electron chi connectivity index (χ3n) is 2.72. The molecule has 2 rings (SSSR count). The van der Waals surface area contributed by atoms with Gasteiger partial charge in [0.05, 0.1) is 24.5 Å². The van der Waals surface area contributed by atoms with Crippen LogP contribution in [-0.4, -0.2) is 21.8 Å². The normalized spacial score (nSPS) is 12.3.